The quantitative estimate of drug-likeness (QED) is 0.843. The first-order chi connectivity index (χ1) is 10.0. The zero-order valence-corrected chi connectivity index (χ0v) is 15.1. The van der Waals surface area contributed by atoms with Gasteiger partial charge in [0.2, 0.25) is 0 Å². The lowest BCUT2D eigenvalue weighted by Gasteiger charge is -2.36. The standard InChI is InChI=1S/C15H27BrN4O/c1-5-13-15(16)14(19(4)18-13)9-20-6-7-21-10-12(20)8-17-11(2)3/h11-12,17H,5-10H2,1-4H3. The Hall–Kier alpha value is -0.430. The van der Waals surface area contributed by atoms with Crippen LogP contribution in [0, 0.1) is 0 Å². The van der Waals surface area contributed by atoms with Gasteiger partial charge in [-0.2, -0.15) is 5.10 Å². The van der Waals surface area contributed by atoms with E-state index in [0.717, 1.165) is 49.4 Å². The van der Waals surface area contributed by atoms with Gasteiger partial charge in [-0.25, -0.2) is 0 Å². The molecule has 0 saturated carbocycles. The molecule has 0 aromatic carbocycles. The van der Waals surface area contributed by atoms with Gasteiger partial charge in [-0.3, -0.25) is 9.58 Å². The van der Waals surface area contributed by atoms with E-state index in [1.807, 2.05) is 11.7 Å². The Balaban J connectivity index is 2.06. The van der Waals surface area contributed by atoms with Crippen LogP contribution in [0.15, 0.2) is 4.47 Å². The van der Waals surface area contributed by atoms with Crippen LogP contribution < -0.4 is 5.32 Å². The summed E-state index contributed by atoms with van der Waals surface area (Å²) in [6.45, 7) is 11.0. The van der Waals surface area contributed by atoms with Crippen molar-refractivity contribution in [2.75, 3.05) is 26.3 Å². The molecular formula is C15H27BrN4O. The Bertz CT molecular complexity index is 461. The number of hydrogen-bond donors (Lipinski definition) is 1. The summed E-state index contributed by atoms with van der Waals surface area (Å²) >= 11 is 3.71. The molecule has 0 radical (unpaired) electrons. The molecule has 0 aliphatic carbocycles. The number of halogens is 1. The van der Waals surface area contributed by atoms with Crippen LogP contribution in [0.3, 0.4) is 0 Å². The third-order valence-corrected chi connectivity index (χ3v) is 4.88. The third-order valence-electron chi connectivity index (χ3n) is 3.97. The highest BCUT2D eigenvalue weighted by Gasteiger charge is 2.25. The minimum absolute atomic E-state index is 0.424. The number of ether oxygens (including phenoxy) is 1. The molecule has 1 aliphatic heterocycles. The Morgan fingerprint density at radius 2 is 2.24 bits per heavy atom. The molecule has 120 valence electrons. The van der Waals surface area contributed by atoms with Crippen molar-refractivity contribution >= 4 is 15.9 Å². The Morgan fingerprint density at radius 3 is 2.86 bits per heavy atom. The predicted octanol–water partition coefficient (Wildman–Crippen LogP) is 1.94. The van der Waals surface area contributed by atoms with Crippen molar-refractivity contribution in [2.24, 2.45) is 7.05 Å². The first-order valence-corrected chi connectivity index (χ1v) is 8.57. The molecule has 6 heteroatoms. The zero-order chi connectivity index (χ0) is 15.4. The highest BCUT2D eigenvalue weighted by molar-refractivity contribution is 9.10. The van der Waals surface area contributed by atoms with E-state index < -0.39 is 0 Å². The average molecular weight is 359 g/mol. The molecule has 21 heavy (non-hydrogen) atoms. The summed E-state index contributed by atoms with van der Waals surface area (Å²) in [5.74, 6) is 0. The van der Waals surface area contributed by atoms with Gasteiger partial charge in [-0.05, 0) is 22.4 Å². The third kappa shape index (κ3) is 4.28. The van der Waals surface area contributed by atoms with E-state index in [9.17, 15) is 0 Å². The molecule has 1 fully saturated rings. The number of nitrogens with zero attached hydrogens (tertiary/aromatic N) is 3. The molecule has 1 aliphatic rings. The van der Waals surface area contributed by atoms with Crippen molar-refractivity contribution < 1.29 is 4.74 Å². The van der Waals surface area contributed by atoms with E-state index in [0.29, 0.717) is 12.1 Å². The number of aryl methyl sites for hydroxylation is 2. The number of hydrogen-bond acceptors (Lipinski definition) is 4. The molecular weight excluding hydrogens is 332 g/mol. The molecule has 1 atom stereocenters. The summed E-state index contributed by atoms with van der Waals surface area (Å²) in [4.78, 5) is 2.50. The first-order valence-electron chi connectivity index (χ1n) is 7.78. The largest absolute Gasteiger partial charge is 0.378 e. The number of morpholine rings is 1. The van der Waals surface area contributed by atoms with E-state index in [2.05, 4.69) is 52.0 Å². The molecule has 2 heterocycles. The normalized spacial score (nSPS) is 20.4. The molecule has 1 aromatic heterocycles. The van der Waals surface area contributed by atoms with E-state index in [1.165, 1.54) is 5.69 Å². The maximum absolute atomic E-state index is 5.65. The molecule has 0 spiro atoms. The summed E-state index contributed by atoms with van der Waals surface area (Å²) in [5, 5.41) is 8.11. The molecule has 1 unspecified atom stereocenters. The fourth-order valence-electron chi connectivity index (χ4n) is 2.64. The van der Waals surface area contributed by atoms with Gasteiger partial charge in [0.25, 0.3) is 0 Å². The second kappa shape index (κ2) is 7.72. The SMILES string of the molecule is CCc1nn(C)c(CN2CCOCC2CNC(C)C)c1Br. The summed E-state index contributed by atoms with van der Waals surface area (Å²) in [6, 6.07) is 0.928. The van der Waals surface area contributed by atoms with Crippen LogP contribution in [-0.2, 0) is 24.8 Å². The predicted molar refractivity (Wildman–Crippen MR) is 88.4 cm³/mol. The molecule has 0 bridgehead atoms. The molecule has 5 nitrogen and oxygen atoms in total. The van der Waals surface area contributed by atoms with Crippen LogP contribution in [-0.4, -0.2) is 53.1 Å². The van der Waals surface area contributed by atoms with E-state index in [4.69, 9.17) is 4.74 Å². The van der Waals surface area contributed by atoms with Gasteiger partial charge in [-0.1, -0.05) is 20.8 Å². The molecule has 1 saturated heterocycles. The topological polar surface area (TPSA) is 42.3 Å². The van der Waals surface area contributed by atoms with Crippen LogP contribution in [0.1, 0.15) is 32.2 Å². The number of rotatable bonds is 6. The molecule has 1 N–H and O–H groups in total. The fraction of sp³-hybridized carbons (Fsp3) is 0.800. The zero-order valence-electron chi connectivity index (χ0n) is 13.5. The minimum Gasteiger partial charge on any atom is -0.378 e. The van der Waals surface area contributed by atoms with Gasteiger partial charge in [0, 0.05) is 38.8 Å². The van der Waals surface area contributed by atoms with Crippen molar-refractivity contribution in [1.82, 2.24) is 20.0 Å². The summed E-state index contributed by atoms with van der Waals surface area (Å²) in [6.07, 6.45) is 0.954. The summed E-state index contributed by atoms with van der Waals surface area (Å²) in [7, 11) is 2.03. The van der Waals surface area contributed by atoms with Gasteiger partial charge < -0.3 is 10.1 Å². The highest BCUT2D eigenvalue weighted by Crippen LogP contribution is 2.24. The summed E-state index contributed by atoms with van der Waals surface area (Å²) in [5.41, 5.74) is 2.39. The van der Waals surface area contributed by atoms with E-state index in [1.54, 1.807) is 0 Å². The Morgan fingerprint density at radius 1 is 1.48 bits per heavy atom. The average Bonchev–Trinajstić information content (AvgIpc) is 2.73. The lowest BCUT2D eigenvalue weighted by Crippen LogP contribution is -2.51. The van der Waals surface area contributed by atoms with Crippen LogP contribution in [0.2, 0.25) is 0 Å². The highest BCUT2D eigenvalue weighted by atomic mass is 79.9. The van der Waals surface area contributed by atoms with E-state index >= 15 is 0 Å². The van der Waals surface area contributed by atoms with Crippen molar-refractivity contribution in [2.45, 2.75) is 45.8 Å². The molecule has 0 amide bonds. The maximum Gasteiger partial charge on any atom is 0.0767 e. The second-order valence-electron chi connectivity index (χ2n) is 5.95. The Kier molecular flexibility index (Phi) is 6.22. The van der Waals surface area contributed by atoms with Crippen molar-refractivity contribution in [1.29, 1.82) is 0 Å². The second-order valence-corrected chi connectivity index (χ2v) is 6.74. The number of nitrogens with one attached hydrogen (secondary N) is 1. The first kappa shape index (κ1) is 16.9. The van der Waals surface area contributed by atoms with Gasteiger partial charge in [-0.15, -0.1) is 0 Å². The van der Waals surface area contributed by atoms with Crippen LogP contribution in [0.5, 0.6) is 0 Å². The lowest BCUT2D eigenvalue weighted by atomic mass is 10.2. The lowest BCUT2D eigenvalue weighted by molar-refractivity contribution is -0.0125. The fourth-order valence-corrected chi connectivity index (χ4v) is 3.38. The van der Waals surface area contributed by atoms with Crippen LogP contribution in [0.25, 0.3) is 0 Å². The monoisotopic (exact) mass is 358 g/mol. The van der Waals surface area contributed by atoms with Crippen molar-refractivity contribution in [3.05, 3.63) is 15.9 Å². The van der Waals surface area contributed by atoms with Crippen LogP contribution >= 0.6 is 15.9 Å². The minimum atomic E-state index is 0.424. The van der Waals surface area contributed by atoms with Crippen molar-refractivity contribution in [3.8, 4) is 0 Å². The van der Waals surface area contributed by atoms with Gasteiger partial charge in [0.1, 0.15) is 0 Å². The van der Waals surface area contributed by atoms with E-state index in [-0.39, 0.29) is 0 Å². The van der Waals surface area contributed by atoms with Gasteiger partial charge >= 0.3 is 0 Å². The Labute approximate surface area is 136 Å². The van der Waals surface area contributed by atoms with Crippen molar-refractivity contribution in [3.63, 3.8) is 0 Å². The smallest absolute Gasteiger partial charge is 0.0767 e. The van der Waals surface area contributed by atoms with Crippen LogP contribution in [0.4, 0.5) is 0 Å². The van der Waals surface area contributed by atoms with Gasteiger partial charge in [0.15, 0.2) is 0 Å². The molecule has 2 rings (SSSR count). The number of aromatic nitrogens is 2. The van der Waals surface area contributed by atoms with Gasteiger partial charge in [0.05, 0.1) is 29.1 Å². The molecule has 1 aromatic rings. The summed E-state index contributed by atoms with van der Waals surface area (Å²) < 4.78 is 8.82. The maximum atomic E-state index is 5.65.